The second-order valence-corrected chi connectivity index (χ2v) is 6.51. The molecule has 0 N–H and O–H groups in total. The third kappa shape index (κ3) is 3.71. The molecule has 4 rings (SSSR count). The second kappa shape index (κ2) is 7.75. The molecule has 8 heteroatoms. The van der Waals surface area contributed by atoms with E-state index in [-0.39, 0.29) is 18.0 Å². The first-order chi connectivity index (χ1) is 13.7. The molecule has 2 aromatic heterocycles. The van der Waals surface area contributed by atoms with E-state index in [1.165, 1.54) is 7.11 Å². The van der Waals surface area contributed by atoms with Gasteiger partial charge in [-0.15, -0.1) is 0 Å². The van der Waals surface area contributed by atoms with Gasteiger partial charge in [0.2, 0.25) is 5.88 Å². The van der Waals surface area contributed by atoms with Crippen molar-refractivity contribution in [1.82, 2.24) is 14.9 Å². The van der Waals surface area contributed by atoms with E-state index >= 15 is 0 Å². The molecule has 0 unspecified atom stereocenters. The van der Waals surface area contributed by atoms with Crippen LogP contribution in [0.1, 0.15) is 23.4 Å². The maximum absolute atomic E-state index is 12.8. The molecule has 146 valence electrons. The number of likely N-dealkylation sites (tertiary alicyclic amines) is 1. The fraction of sp³-hybridized carbons (Fsp3) is 0.350. The fourth-order valence-electron chi connectivity index (χ4n) is 3.25. The van der Waals surface area contributed by atoms with Crippen molar-refractivity contribution in [3.05, 3.63) is 42.3 Å². The van der Waals surface area contributed by atoms with E-state index in [2.05, 4.69) is 9.97 Å². The van der Waals surface area contributed by atoms with Gasteiger partial charge in [-0.25, -0.2) is 4.98 Å². The number of piperidine rings is 1. The lowest BCUT2D eigenvalue weighted by atomic mass is 10.1. The highest BCUT2D eigenvalue weighted by atomic mass is 16.5. The van der Waals surface area contributed by atoms with Crippen LogP contribution in [0.2, 0.25) is 0 Å². The Bertz CT molecular complexity index is 979. The Labute approximate surface area is 162 Å². The summed E-state index contributed by atoms with van der Waals surface area (Å²) in [7, 11) is 3.12. The van der Waals surface area contributed by atoms with Crippen LogP contribution < -0.4 is 14.2 Å². The van der Waals surface area contributed by atoms with Crippen LogP contribution in [0, 0.1) is 0 Å². The first kappa shape index (κ1) is 18.1. The predicted molar refractivity (Wildman–Crippen MR) is 101 cm³/mol. The van der Waals surface area contributed by atoms with Crippen LogP contribution in [-0.4, -0.2) is 54.2 Å². The number of benzene rings is 1. The second-order valence-electron chi connectivity index (χ2n) is 6.51. The van der Waals surface area contributed by atoms with Gasteiger partial charge in [-0.1, -0.05) is 0 Å². The van der Waals surface area contributed by atoms with Gasteiger partial charge in [0.05, 0.1) is 14.2 Å². The molecule has 0 atom stereocenters. The quantitative estimate of drug-likeness (QED) is 0.669. The van der Waals surface area contributed by atoms with Gasteiger partial charge >= 0.3 is 6.01 Å². The zero-order chi connectivity index (χ0) is 19.5. The summed E-state index contributed by atoms with van der Waals surface area (Å²) < 4.78 is 21.8. The van der Waals surface area contributed by atoms with Crippen molar-refractivity contribution in [3.63, 3.8) is 0 Å². The Kier molecular flexibility index (Phi) is 5.01. The Morgan fingerprint density at radius 2 is 1.96 bits per heavy atom. The Morgan fingerprint density at radius 1 is 1.14 bits per heavy atom. The number of hydrogen-bond acceptors (Lipinski definition) is 7. The van der Waals surface area contributed by atoms with Crippen molar-refractivity contribution in [2.75, 3.05) is 27.3 Å². The summed E-state index contributed by atoms with van der Waals surface area (Å²) in [5, 5.41) is 0.846. The summed E-state index contributed by atoms with van der Waals surface area (Å²) in [5.74, 6) is 1.43. The van der Waals surface area contributed by atoms with E-state index in [0.717, 1.165) is 11.1 Å². The van der Waals surface area contributed by atoms with Crippen LogP contribution >= 0.6 is 0 Å². The van der Waals surface area contributed by atoms with Crippen molar-refractivity contribution < 1.29 is 23.4 Å². The Hall–Kier alpha value is -3.29. The highest BCUT2D eigenvalue weighted by molar-refractivity contribution is 5.96. The van der Waals surface area contributed by atoms with E-state index in [4.69, 9.17) is 18.6 Å². The minimum Gasteiger partial charge on any atom is -0.497 e. The van der Waals surface area contributed by atoms with Crippen molar-refractivity contribution in [3.8, 4) is 17.6 Å². The summed E-state index contributed by atoms with van der Waals surface area (Å²) in [4.78, 5) is 22.7. The van der Waals surface area contributed by atoms with E-state index in [9.17, 15) is 4.79 Å². The number of methoxy groups -OCH3 is 2. The molecule has 8 nitrogen and oxygen atoms in total. The van der Waals surface area contributed by atoms with Crippen LogP contribution in [0.3, 0.4) is 0 Å². The largest absolute Gasteiger partial charge is 0.497 e. The predicted octanol–water partition coefficient (Wildman–Crippen LogP) is 2.92. The third-order valence-corrected chi connectivity index (χ3v) is 4.74. The SMILES string of the molecule is COc1ccc2oc(C(=O)N3CCC(Oc4ccnc(OC)n4)CC3)cc2c1. The summed E-state index contributed by atoms with van der Waals surface area (Å²) in [6, 6.07) is 9.20. The summed E-state index contributed by atoms with van der Waals surface area (Å²) in [6.07, 6.45) is 3.01. The van der Waals surface area contributed by atoms with Crippen molar-refractivity contribution in [2.45, 2.75) is 18.9 Å². The average Bonchev–Trinajstić information content (AvgIpc) is 3.17. The smallest absolute Gasteiger partial charge is 0.319 e. The monoisotopic (exact) mass is 383 g/mol. The molecular formula is C20H21N3O5. The Balaban J connectivity index is 1.38. The van der Waals surface area contributed by atoms with Crippen molar-refractivity contribution in [2.24, 2.45) is 0 Å². The molecular weight excluding hydrogens is 362 g/mol. The van der Waals surface area contributed by atoms with Crippen LogP contribution in [0.15, 0.2) is 40.9 Å². The normalized spacial score (nSPS) is 14.9. The molecule has 0 bridgehead atoms. The lowest BCUT2D eigenvalue weighted by Crippen LogP contribution is -2.41. The number of furan rings is 1. The lowest BCUT2D eigenvalue weighted by Gasteiger charge is -2.31. The number of ether oxygens (including phenoxy) is 3. The standard InChI is InChI=1S/C20H21N3O5/c1-25-15-3-4-16-13(11-15)12-17(28-16)19(24)23-9-6-14(7-10-23)27-18-5-8-21-20(22-18)26-2/h3-5,8,11-12,14H,6-7,9-10H2,1-2H3. The van der Waals surface area contributed by atoms with E-state index in [0.29, 0.717) is 43.2 Å². The van der Waals surface area contributed by atoms with Gasteiger partial charge in [0.25, 0.3) is 5.91 Å². The molecule has 0 spiro atoms. The van der Waals surface area contributed by atoms with Crippen molar-refractivity contribution in [1.29, 1.82) is 0 Å². The number of amides is 1. The van der Waals surface area contributed by atoms with Crippen LogP contribution in [0.5, 0.6) is 17.6 Å². The summed E-state index contributed by atoms with van der Waals surface area (Å²) >= 11 is 0. The molecule has 1 aliphatic heterocycles. The number of carbonyl (C=O) groups is 1. The zero-order valence-electron chi connectivity index (χ0n) is 15.8. The first-order valence-electron chi connectivity index (χ1n) is 9.07. The molecule has 1 amide bonds. The molecule has 28 heavy (non-hydrogen) atoms. The molecule has 0 radical (unpaired) electrons. The molecule has 0 saturated carbocycles. The number of nitrogens with zero attached hydrogens (tertiary/aromatic N) is 3. The lowest BCUT2D eigenvalue weighted by molar-refractivity contribution is 0.0560. The maximum atomic E-state index is 12.8. The maximum Gasteiger partial charge on any atom is 0.319 e. The molecule has 1 fully saturated rings. The molecule has 1 aliphatic rings. The van der Waals surface area contributed by atoms with Crippen molar-refractivity contribution >= 4 is 16.9 Å². The van der Waals surface area contributed by atoms with Gasteiger partial charge in [0.15, 0.2) is 5.76 Å². The summed E-state index contributed by atoms with van der Waals surface area (Å²) in [5.41, 5.74) is 0.667. The van der Waals surface area contributed by atoms with E-state index < -0.39 is 0 Å². The minimum atomic E-state index is -0.114. The number of fused-ring (bicyclic) bond motifs is 1. The van der Waals surface area contributed by atoms with Gasteiger partial charge in [-0.2, -0.15) is 4.98 Å². The van der Waals surface area contributed by atoms with Gasteiger partial charge < -0.3 is 23.5 Å². The van der Waals surface area contributed by atoms with Crippen LogP contribution in [-0.2, 0) is 0 Å². The molecule has 1 aromatic carbocycles. The third-order valence-electron chi connectivity index (χ3n) is 4.74. The van der Waals surface area contributed by atoms with E-state index in [1.54, 1.807) is 36.4 Å². The molecule has 3 aromatic rings. The van der Waals surface area contributed by atoms with Gasteiger partial charge in [0, 0.05) is 43.6 Å². The van der Waals surface area contributed by atoms with Gasteiger partial charge in [-0.05, 0) is 24.3 Å². The molecule has 3 heterocycles. The molecule has 1 saturated heterocycles. The topological polar surface area (TPSA) is 86.9 Å². The zero-order valence-corrected chi connectivity index (χ0v) is 15.8. The van der Waals surface area contributed by atoms with E-state index in [1.807, 2.05) is 12.1 Å². The number of hydrogen-bond donors (Lipinski definition) is 0. The highest BCUT2D eigenvalue weighted by Gasteiger charge is 2.27. The summed E-state index contributed by atoms with van der Waals surface area (Å²) in [6.45, 7) is 1.18. The number of aromatic nitrogens is 2. The van der Waals surface area contributed by atoms with Gasteiger partial charge in [0.1, 0.15) is 17.4 Å². The molecule has 0 aliphatic carbocycles. The number of rotatable bonds is 5. The Morgan fingerprint density at radius 3 is 2.71 bits per heavy atom. The van der Waals surface area contributed by atoms with Gasteiger partial charge in [-0.3, -0.25) is 4.79 Å². The average molecular weight is 383 g/mol. The van der Waals surface area contributed by atoms with Crippen LogP contribution in [0.4, 0.5) is 0 Å². The first-order valence-corrected chi connectivity index (χ1v) is 9.07. The minimum absolute atomic E-state index is 0.0106. The fourth-order valence-corrected chi connectivity index (χ4v) is 3.25. The van der Waals surface area contributed by atoms with Crippen LogP contribution in [0.25, 0.3) is 11.0 Å². The highest BCUT2D eigenvalue weighted by Crippen LogP contribution is 2.26. The number of carbonyl (C=O) groups excluding carboxylic acids is 1.